The van der Waals surface area contributed by atoms with Gasteiger partial charge in [0, 0.05) is 5.69 Å². The summed E-state index contributed by atoms with van der Waals surface area (Å²) in [5.74, 6) is -1.33. The predicted molar refractivity (Wildman–Crippen MR) is 108 cm³/mol. The number of hydrogen-bond acceptors (Lipinski definition) is 4. The normalized spacial score (nSPS) is 10.7. The molecule has 0 radical (unpaired) electrons. The Morgan fingerprint density at radius 2 is 1.74 bits per heavy atom. The Bertz CT molecular complexity index is 875. The lowest BCUT2D eigenvalue weighted by Crippen LogP contribution is -2.32. The van der Waals surface area contributed by atoms with E-state index in [1.165, 1.54) is 6.21 Å². The molecule has 0 heterocycles. The average Bonchev–Trinajstić information content (AvgIpc) is 2.61. The number of halogens is 2. The van der Waals surface area contributed by atoms with E-state index < -0.39 is 11.8 Å². The van der Waals surface area contributed by atoms with Gasteiger partial charge in [0.1, 0.15) is 0 Å². The number of carbonyl (C=O) groups is 2. The molecule has 2 amide bonds. The highest BCUT2D eigenvalue weighted by Crippen LogP contribution is 2.33. The molecule has 0 aliphatic heterocycles. The van der Waals surface area contributed by atoms with E-state index in [0.29, 0.717) is 33.7 Å². The Morgan fingerprint density at radius 3 is 2.33 bits per heavy atom. The van der Waals surface area contributed by atoms with Crippen molar-refractivity contribution in [2.75, 3.05) is 11.9 Å². The maximum atomic E-state index is 11.9. The minimum Gasteiger partial charge on any atom is -0.491 e. The smallest absolute Gasteiger partial charge is 0.329 e. The lowest BCUT2D eigenvalue weighted by molar-refractivity contribution is -0.136. The van der Waals surface area contributed by atoms with Gasteiger partial charge >= 0.3 is 11.8 Å². The molecule has 0 fully saturated rings. The van der Waals surface area contributed by atoms with Crippen LogP contribution >= 0.6 is 23.2 Å². The van der Waals surface area contributed by atoms with Gasteiger partial charge < -0.3 is 10.1 Å². The third kappa shape index (κ3) is 5.70. The Morgan fingerprint density at radius 1 is 1.07 bits per heavy atom. The van der Waals surface area contributed by atoms with Crippen molar-refractivity contribution in [2.24, 2.45) is 5.10 Å². The van der Waals surface area contributed by atoms with Gasteiger partial charge in [-0.15, -0.1) is 0 Å². The van der Waals surface area contributed by atoms with Gasteiger partial charge in [-0.2, -0.15) is 5.10 Å². The van der Waals surface area contributed by atoms with E-state index in [-0.39, 0.29) is 0 Å². The van der Waals surface area contributed by atoms with Crippen LogP contribution in [0.15, 0.2) is 35.4 Å². The summed E-state index contributed by atoms with van der Waals surface area (Å²) < 4.78 is 5.34. The molecular formula is C19H19Cl2N3O3. The fourth-order valence-corrected chi connectivity index (χ4v) is 2.77. The van der Waals surface area contributed by atoms with Crippen molar-refractivity contribution in [1.82, 2.24) is 5.43 Å². The van der Waals surface area contributed by atoms with Crippen molar-refractivity contribution in [3.8, 4) is 5.75 Å². The zero-order chi connectivity index (χ0) is 20.0. The van der Waals surface area contributed by atoms with Crippen molar-refractivity contribution in [1.29, 1.82) is 0 Å². The second kappa shape index (κ2) is 9.39. The standard InChI is InChI=1S/C19H19Cl2N3O3/c1-4-27-17-15(20)8-13(9-16(17)21)10-22-24-19(26)18(25)23-14-6-5-11(2)12(3)7-14/h5-10H,4H2,1-3H3,(H,23,25)(H,24,26)/b22-10-. The molecule has 2 N–H and O–H groups in total. The second-order valence-electron chi connectivity index (χ2n) is 5.70. The second-order valence-corrected chi connectivity index (χ2v) is 6.51. The van der Waals surface area contributed by atoms with Gasteiger partial charge in [-0.3, -0.25) is 9.59 Å². The Hall–Kier alpha value is -2.57. The monoisotopic (exact) mass is 407 g/mol. The van der Waals surface area contributed by atoms with Gasteiger partial charge in [0.25, 0.3) is 0 Å². The lowest BCUT2D eigenvalue weighted by atomic mass is 10.1. The number of ether oxygens (including phenoxy) is 1. The lowest BCUT2D eigenvalue weighted by Gasteiger charge is -2.08. The number of hydrazone groups is 1. The van der Waals surface area contributed by atoms with Crippen LogP contribution in [0.3, 0.4) is 0 Å². The van der Waals surface area contributed by atoms with Crippen LogP contribution in [0.2, 0.25) is 10.0 Å². The molecule has 8 heteroatoms. The molecule has 0 aromatic heterocycles. The molecule has 142 valence electrons. The van der Waals surface area contributed by atoms with Crippen LogP contribution in [0, 0.1) is 13.8 Å². The minimum atomic E-state index is -0.896. The molecule has 0 saturated heterocycles. The van der Waals surface area contributed by atoms with Crippen molar-refractivity contribution in [3.05, 3.63) is 57.1 Å². The molecule has 27 heavy (non-hydrogen) atoms. The van der Waals surface area contributed by atoms with Crippen molar-refractivity contribution in [3.63, 3.8) is 0 Å². The van der Waals surface area contributed by atoms with Crippen molar-refractivity contribution < 1.29 is 14.3 Å². The summed E-state index contributed by atoms with van der Waals surface area (Å²) in [5.41, 5.74) is 5.34. The topological polar surface area (TPSA) is 79.8 Å². The largest absolute Gasteiger partial charge is 0.491 e. The number of rotatable bonds is 5. The molecule has 0 aliphatic rings. The molecule has 0 atom stereocenters. The maximum Gasteiger partial charge on any atom is 0.329 e. The van der Waals surface area contributed by atoms with E-state index in [0.717, 1.165) is 11.1 Å². The van der Waals surface area contributed by atoms with Crippen LogP contribution in [-0.4, -0.2) is 24.6 Å². The minimum absolute atomic E-state index is 0.324. The summed E-state index contributed by atoms with van der Waals surface area (Å²) in [7, 11) is 0. The number of nitrogens with zero attached hydrogens (tertiary/aromatic N) is 1. The molecule has 0 aliphatic carbocycles. The first-order chi connectivity index (χ1) is 12.8. The number of carbonyl (C=O) groups excluding carboxylic acids is 2. The summed E-state index contributed by atoms with van der Waals surface area (Å²) >= 11 is 12.2. The van der Waals surface area contributed by atoms with Gasteiger partial charge in [0.15, 0.2) is 5.75 Å². The van der Waals surface area contributed by atoms with E-state index in [1.54, 1.807) is 24.3 Å². The molecule has 0 unspecified atom stereocenters. The van der Waals surface area contributed by atoms with E-state index in [2.05, 4.69) is 15.8 Å². The maximum absolute atomic E-state index is 11.9. The predicted octanol–water partition coefficient (Wildman–Crippen LogP) is 4.10. The van der Waals surface area contributed by atoms with Crippen LogP contribution in [0.4, 0.5) is 5.69 Å². The summed E-state index contributed by atoms with van der Waals surface area (Å²) in [6.45, 7) is 6.13. The van der Waals surface area contributed by atoms with Crippen LogP contribution < -0.4 is 15.5 Å². The fraction of sp³-hybridized carbons (Fsp3) is 0.211. The van der Waals surface area contributed by atoms with E-state index in [4.69, 9.17) is 27.9 Å². The molecule has 0 saturated carbocycles. The highest BCUT2D eigenvalue weighted by molar-refractivity contribution is 6.39. The number of nitrogens with one attached hydrogen (secondary N) is 2. The molecule has 0 bridgehead atoms. The molecule has 6 nitrogen and oxygen atoms in total. The molecule has 2 aromatic carbocycles. The molecular weight excluding hydrogens is 389 g/mol. The summed E-state index contributed by atoms with van der Waals surface area (Å²) in [6.07, 6.45) is 1.33. The molecule has 0 spiro atoms. The summed E-state index contributed by atoms with van der Waals surface area (Å²) in [4.78, 5) is 23.8. The first kappa shape index (κ1) is 20.7. The average molecular weight is 408 g/mol. The van der Waals surface area contributed by atoms with Gasteiger partial charge in [-0.05, 0) is 61.7 Å². The van der Waals surface area contributed by atoms with Gasteiger partial charge in [-0.25, -0.2) is 5.43 Å². The first-order valence-corrected chi connectivity index (χ1v) is 8.91. The Balaban J connectivity index is 1.98. The quantitative estimate of drug-likeness (QED) is 0.444. The van der Waals surface area contributed by atoms with E-state index in [9.17, 15) is 9.59 Å². The fourth-order valence-electron chi connectivity index (χ4n) is 2.16. The number of amides is 2. The van der Waals surface area contributed by atoms with Crippen LogP contribution in [-0.2, 0) is 9.59 Å². The number of anilines is 1. The number of hydrogen-bond donors (Lipinski definition) is 2. The van der Waals surface area contributed by atoms with Gasteiger partial charge in [-0.1, -0.05) is 29.3 Å². The summed E-state index contributed by atoms with van der Waals surface area (Å²) in [5, 5.41) is 6.91. The Kier molecular flexibility index (Phi) is 7.21. The Labute approximate surface area is 167 Å². The van der Waals surface area contributed by atoms with Crippen LogP contribution in [0.25, 0.3) is 0 Å². The molecule has 2 rings (SSSR count). The van der Waals surface area contributed by atoms with Gasteiger partial charge in [0.05, 0.1) is 22.9 Å². The number of benzene rings is 2. The zero-order valence-corrected chi connectivity index (χ0v) is 16.6. The zero-order valence-electron chi connectivity index (χ0n) is 15.1. The first-order valence-electron chi connectivity index (χ1n) is 8.15. The highest BCUT2D eigenvalue weighted by Gasteiger charge is 2.13. The van der Waals surface area contributed by atoms with E-state index in [1.807, 2.05) is 26.8 Å². The van der Waals surface area contributed by atoms with Crippen molar-refractivity contribution in [2.45, 2.75) is 20.8 Å². The van der Waals surface area contributed by atoms with Crippen LogP contribution in [0.5, 0.6) is 5.75 Å². The van der Waals surface area contributed by atoms with Crippen LogP contribution in [0.1, 0.15) is 23.6 Å². The van der Waals surface area contributed by atoms with Crippen molar-refractivity contribution >= 4 is 46.9 Å². The van der Waals surface area contributed by atoms with Gasteiger partial charge in [0.2, 0.25) is 0 Å². The molecule has 2 aromatic rings. The SMILES string of the molecule is CCOc1c(Cl)cc(/C=N\NC(=O)C(=O)Nc2ccc(C)c(C)c2)cc1Cl. The summed E-state index contributed by atoms with van der Waals surface area (Å²) in [6, 6.07) is 8.54. The highest BCUT2D eigenvalue weighted by atomic mass is 35.5. The number of aryl methyl sites for hydroxylation is 2. The third-order valence-corrected chi connectivity index (χ3v) is 4.22. The van der Waals surface area contributed by atoms with E-state index >= 15 is 0 Å². The third-order valence-electron chi connectivity index (χ3n) is 3.66.